The number of ketones is 1. The number of hydrogen-bond acceptors (Lipinski definition) is 2. The van der Waals surface area contributed by atoms with Gasteiger partial charge in [-0.1, -0.05) is 15.9 Å². The molecule has 0 saturated heterocycles. The molecule has 94 valence electrons. The van der Waals surface area contributed by atoms with Gasteiger partial charge in [-0.25, -0.2) is 0 Å². The van der Waals surface area contributed by atoms with Crippen LogP contribution in [0.15, 0.2) is 34.9 Å². The van der Waals surface area contributed by atoms with Gasteiger partial charge in [0.1, 0.15) is 0 Å². The van der Waals surface area contributed by atoms with Crippen LogP contribution < -0.4 is 0 Å². The molecule has 0 bridgehead atoms. The van der Waals surface area contributed by atoms with E-state index in [2.05, 4.69) is 43.6 Å². The second-order valence-corrected chi connectivity index (χ2v) is 6.07. The van der Waals surface area contributed by atoms with E-state index in [-0.39, 0.29) is 5.78 Å². The van der Waals surface area contributed by atoms with Crippen LogP contribution in [0.1, 0.15) is 22.5 Å². The Morgan fingerprint density at radius 3 is 2.89 bits per heavy atom. The Bertz CT molecular complexity index is 580. The molecule has 18 heavy (non-hydrogen) atoms. The van der Waals surface area contributed by atoms with Gasteiger partial charge < -0.3 is 0 Å². The number of aryl methyl sites for hydroxylation is 2. The average Bonchev–Trinajstić information content (AvgIpc) is 2.75. The van der Waals surface area contributed by atoms with E-state index in [0.717, 1.165) is 25.7 Å². The zero-order valence-electron chi connectivity index (χ0n) is 9.86. The molecule has 0 aliphatic carbocycles. The molecular formula is C13H12BrIN2O. The normalized spacial score (nSPS) is 10.6. The van der Waals surface area contributed by atoms with E-state index >= 15 is 0 Å². The second kappa shape index (κ2) is 5.97. The van der Waals surface area contributed by atoms with Crippen molar-refractivity contribution in [2.24, 2.45) is 7.05 Å². The Balaban J connectivity index is 2.08. The first-order valence-corrected chi connectivity index (χ1v) is 7.40. The van der Waals surface area contributed by atoms with E-state index in [9.17, 15) is 4.79 Å². The average molecular weight is 419 g/mol. The Morgan fingerprint density at radius 1 is 1.44 bits per heavy atom. The number of halogens is 2. The minimum atomic E-state index is 0.168. The van der Waals surface area contributed by atoms with Gasteiger partial charge in [0, 0.05) is 39.0 Å². The molecule has 3 nitrogen and oxygen atoms in total. The summed E-state index contributed by atoms with van der Waals surface area (Å²) in [6.45, 7) is 0. The van der Waals surface area contributed by atoms with Crippen molar-refractivity contribution in [1.29, 1.82) is 0 Å². The van der Waals surface area contributed by atoms with E-state index < -0.39 is 0 Å². The summed E-state index contributed by atoms with van der Waals surface area (Å²) in [7, 11) is 1.89. The highest BCUT2D eigenvalue weighted by atomic mass is 127. The van der Waals surface area contributed by atoms with Crippen molar-refractivity contribution in [3.05, 3.63) is 49.8 Å². The van der Waals surface area contributed by atoms with Gasteiger partial charge in [0.2, 0.25) is 0 Å². The van der Waals surface area contributed by atoms with Crippen molar-refractivity contribution in [1.82, 2.24) is 9.78 Å². The first-order valence-electron chi connectivity index (χ1n) is 5.53. The smallest absolute Gasteiger partial charge is 0.164 e. The van der Waals surface area contributed by atoms with Gasteiger partial charge in [-0.05, 0) is 53.3 Å². The summed E-state index contributed by atoms with van der Waals surface area (Å²) in [6, 6.07) is 7.72. The topological polar surface area (TPSA) is 34.9 Å². The van der Waals surface area contributed by atoms with Gasteiger partial charge in [0.15, 0.2) is 5.78 Å². The predicted molar refractivity (Wildman–Crippen MR) is 82.7 cm³/mol. The molecule has 0 spiro atoms. The Morgan fingerprint density at radius 2 is 2.22 bits per heavy atom. The zero-order chi connectivity index (χ0) is 13.1. The number of rotatable bonds is 4. The molecule has 0 radical (unpaired) electrons. The number of hydrogen-bond donors (Lipinski definition) is 0. The van der Waals surface area contributed by atoms with Gasteiger partial charge in [-0.3, -0.25) is 9.48 Å². The molecule has 0 N–H and O–H groups in total. The summed E-state index contributed by atoms with van der Waals surface area (Å²) in [5.41, 5.74) is 1.86. The van der Waals surface area contributed by atoms with Gasteiger partial charge in [-0.2, -0.15) is 5.10 Å². The van der Waals surface area contributed by atoms with Crippen molar-refractivity contribution in [2.75, 3.05) is 0 Å². The third-order valence-corrected chi connectivity index (χ3v) is 4.19. The summed E-state index contributed by atoms with van der Waals surface area (Å²) < 4.78 is 3.73. The van der Waals surface area contributed by atoms with Crippen LogP contribution in [0.5, 0.6) is 0 Å². The summed E-state index contributed by atoms with van der Waals surface area (Å²) in [5.74, 6) is 0.168. The number of carbonyl (C=O) groups is 1. The molecular weight excluding hydrogens is 407 g/mol. The van der Waals surface area contributed by atoms with Crippen molar-refractivity contribution >= 4 is 44.3 Å². The number of carbonyl (C=O) groups excluding carboxylic acids is 1. The maximum absolute atomic E-state index is 12.2. The van der Waals surface area contributed by atoms with E-state index in [1.807, 2.05) is 31.3 Å². The largest absolute Gasteiger partial charge is 0.294 e. The first kappa shape index (κ1) is 13.7. The minimum absolute atomic E-state index is 0.168. The Kier molecular flexibility index (Phi) is 4.55. The molecule has 1 heterocycles. The molecule has 2 aromatic rings. The van der Waals surface area contributed by atoms with Gasteiger partial charge >= 0.3 is 0 Å². The lowest BCUT2D eigenvalue weighted by atomic mass is 10.1. The summed E-state index contributed by atoms with van der Waals surface area (Å²) >= 11 is 5.59. The molecule has 0 aliphatic rings. The van der Waals surface area contributed by atoms with Gasteiger partial charge in [-0.15, -0.1) is 0 Å². The predicted octanol–water partition coefficient (Wildman–Crippen LogP) is 3.60. The molecule has 5 heteroatoms. The SMILES string of the molecule is Cn1nccc1CCC(=O)c1cc(Br)ccc1I. The molecule has 0 amide bonds. The van der Waals surface area contributed by atoms with E-state index in [1.54, 1.807) is 10.9 Å². The highest BCUT2D eigenvalue weighted by Gasteiger charge is 2.11. The number of aromatic nitrogens is 2. The lowest BCUT2D eigenvalue weighted by Gasteiger charge is -2.05. The van der Waals surface area contributed by atoms with Crippen LogP contribution in [-0.2, 0) is 13.5 Å². The van der Waals surface area contributed by atoms with Crippen LogP contribution >= 0.6 is 38.5 Å². The summed E-state index contributed by atoms with van der Waals surface area (Å²) in [5, 5.41) is 4.10. The number of nitrogens with zero attached hydrogens (tertiary/aromatic N) is 2. The van der Waals surface area contributed by atoms with Crippen molar-refractivity contribution < 1.29 is 4.79 Å². The van der Waals surface area contributed by atoms with Gasteiger partial charge in [0.05, 0.1) is 0 Å². The van der Waals surface area contributed by atoms with Crippen LogP contribution in [0.3, 0.4) is 0 Å². The van der Waals surface area contributed by atoms with Crippen LogP contribution in [0.25, 0.3) is 0 Å². The molecule has 0 atom stereocenters. The van der Waals surface area contributed by atoms with E-state index in [1.165, 1.54) is 0 Å². The standard InChI is InChI=1S/C13H12BrIN2O/c1-17-10(6-7-16-17)3-5-13(18)11-8-9(14)2-4-12(11)15/h2,4,6-8H,3,5H2,1H3. The number of Topliss-reactive ketones (excluding diaryl/α,β-unsaturated/α-hetero) is 1. The van der Waals surface area contributed by atoms with Crippen LogP contribution in [-0.4, -0.2) is 15.6 Å². The quantitative estimate of drug-likeness (QED) is 0.561. The molecule has 0 saturated carbocycles. The van der Waals surface area contributed by atoms with Crippen LogP contribution in [0.4, 0.5) is 0 Å². The maximum atomic E-state index is 12.2. The zero-order valence-corrected chi connectivity index (χ0v) is 13.6. The lowest BCUT2D eigenvalue weighted by molar-refractivity contribution is 0.0981. The van der Waals surface area contributed by atoms with Crippen molar-refractivity contribution in [3.63, 3.8) is 0 Å². The summed E-state index contributed by atoms with van der Waals surface area (Å²) in [4.78, 5) is 12.2. The third kappa shape index (κ3) is 3.20. The molecule has 0 unspecified atom stereocenters. The van der Waals surface area contributed by atoms with E-state index in [4.69, 9.17) is 0 Å². The fourth-order valence-electron chi connectivity index (χ4n) is 1.73. The lowest BCUT2D eigenvalue weighted by Crippen LogP contribution is -2.06. The Labute approximate surface area is 128 Å². The molecule has 0 fully saturated rings. The molecule has 2 rings (SSSR count). The van der Waals surface area contributed by atoms with Gasteiger partial charge in [0.25, 0.3) is 0 Å². The third-order valence-electron chi connectivity index (χ3n) is 2.76. The number of benzene rings is 1. The fourth-order valence-corrected chi connectivity index (χ4v) is 2.73. The minimum Gasteiger partial charge on any atom is -0.294 e. The van der Waals surface area contributed by atoms with Crippen molar-refractivity contribution in [2.45, 2.75) is 12.8 Å². The first-order chi connectivity index (χ1) is 8.58. The molecule has 1 aromatic heterocycles. The van der Waals surface area contributed by atoms with Crippen LogP contribution in [0, 0.1) is 3.57 Å². The summed E-state index contributed by atoms with van der Waals surface area (Å²) in [6.07, 6.45) is 2.98. The van der Waals surface area contributed by atoms with Crippen molar-refractivity contribution in [3.8, 4) is 0 Å². The molecule has 1 aromatic carbocycles. The second-order valence-electron chi connectivity index (χ2n) is 3.99. The maximum Gasteiger partial charge on any atom is 0.164 e. The highest BCUT2D eigenvalue weighted by Crippen LogP contribution is 2.20. The van der Waals surface area contributed by atoms with E-state index in [0.29, 0.717) is 6.42 Å². The van der Waals surface area contributed by atoms with Crippen LogP contribution in [0.2, 0.25) is 0 Å². The fraction of sp³-hybridized carbons (Fsp3) is 0.231. The molecule has 0 aliphatic heterocycles. The highest BCUT2D eigenvalue weighted by molar-refractivity contribution is 14.1. The Hall–Kier alpha value is -0.690. The monoisotopic (exact) mass is 418 g/mol.